The number of furan rings is 1. The van der Waals surface area contributed by atoms with Crippen LogP contribution in [0.1, 0.15) is 19.6 Å². The van der Waals surface area contributed by atoms with Crippen molar-refractivity contribution in [2.24, 2.45) is 0 Å². The zero-order valence-electron chi connectivity index (χ0n) is 12.3. The average molecular weight is 351 g/mol. The predicted octanol–water partition coefficient (Wildman–Crippen LogP) is 1.90. The van der Waals surface area contributed by atoms with Gasteiger partial charge in [0.25, 0.3) is 10.0 Å². The summed E-state index contributed by atoms with van der Waals surface area (Å²) in [6.45, 7) is 5.05. The van der Waals surface area contributed by atoms with E-state index in [1.165, 1.54) is 6.07 Å². The molecule has 1 aliphatic heterocycles. The fraction of sp³-hybridized carbons (Fsp3) is 0.692. The van der Waals surface area contributed by atoms with Crippen LogP contribution >= 0.6 is 23.5 Å². The van der Waals surface area contributed by atoms with Gasteiger partial charge >= 0.3 is 0 Å². The molecule has 2 rings (SSSR count). The lowest BCUT2D eigenvalue weighted by Crippen LogP contribution is -2.33. The molecule has 1 aromatic heterocycles. The zero-order chi connectivity index (χ0) is 15.3. The molecule has 2 N–H and O–H groups in total. The highest BCUT2D eigenvalue weighted by atomic mass is 32.2. The molecule has 0 amide bonds. The van der Waals surface area contributed by atoms with Crippen LogP contribution in [0.15, 0.2) is 21.6 Å². The molecule has 1 aliphatic rings. The van der Waals surface area contributed by atoms with Gasteiger partial charge in [0.1, 0.15) is 5.76 Å². The highest BCUT2D eigenvalue weighted by molar-refractivity contribution is 8.06. The Morgan fingerprint density at radius 1 is 1.38 bits per heavy atom. The molecule has 0 aromatic carbocycles. The molecular formula is C13H22N2O3S3. The van der Waals surface area contributed by atoms with E-state index in [9.17, 15) is 8.42 Å². The Hall–Kier alpha value is -0.150. The predicted molar refractivity (Wildman–Crippen MR) is 89.4 cm³/mol. The quantitative estimate of drug-likeness (QED) is 0.783. The van der Waals surface area contributed by atoms with Crippen LogP contribution in [0.25, 0.3) is 0 Å². The number of thioether (sulfide) groups is 2. The number of rotatable bonds is 7. The average Bonchev–Trinajstić information content (AvgIpc) is 2.94. The van der Waals surface area contributed by atoms with E-state index < -0.39 is 10.0 Å². The van der Waals surface area contributed by atoms with Gasteiger partial charge in [-0.2, -0.15) is 23.5 Å². The summed E-state index contributed by atoms with van der Waals surface area (Å²) in [4.78, 5) is 0. The third-order valence-corrected chi connectivity index (χ3v) is 7.11. The van der Waals surface area contributed by atoms with E-state index in [4.69, 9.17) is 4.42 Å². The van der Waals surface area contributed by atoms with Crippen molar-refractivity contribution in [1.29, 1.82) is 0 Å². The van der Waals surface area contributed by atoms with E-state index in [1.54, 1.807) is 6.07 Å². The van der Waals surface area contributed by atoms with E-state index in [0.29, 0.717) is 30.1 Å². The van der Waals surface area contributed by atoms with Crippen molar-refractivity contribution < 1.29 is 12.8 Å². The number of nitrogens with one attached hydrogen (secondary N) is 2. The molecule has 5 nitrogen and oxygen atoms in total. The van der Waals surface area contributed by atoms with Gasteiger partial charge in [-0.05, 0) is 12.1 Å². The van der Waals surface area contributed by atoms with Crippen LogP contribution in [0, 0.1) is 0 Å². The summed E-state index contributed by atoms with van der Waals surface area (Å²) in [6.07, 6.45) is 0. The van der Waals surface area contributed by atoms with Crippen molar-refractivity contribution in [3.8, 4) is 0 Å². The van der Waals surface area contributed by atoms with Gasteiger partial charge in [-0.1, -0.05) is 13.8 Å². The molecule has 1 atom stereocenters. The van der Waals surface area contributed by atoms with Crippen LogP contribution < -0.4 is 10.0 Å². The first-order valence-electron chi connectivity index (χ1n) is 6.98. The van der Waals surface area contributed by atoms with Gasteiger partial charge < -0.3 is 9.73 Å². The molecule has 8 heteroatoms. The first kappa shape index (κ1) is 17.2. The molecular weight excluding hydrogens is 328 g/mol. The highest BCUT2D eigenvalue weighted by Gasteiger charge is 2.22. The van der Waals surface area contributed by atoms with E-state index in [-0.39, 0.29) is 5.09 Å². The second-order valence-corrected chi connectivity index (χ2v) is 9.43. The minimum Gasteiger partial charge on any atom is -0.447 e. The molecule has 21 heavy (non-hydrogen) atoms. The Labute approximate surface area is 135 Å². The molecule has 120 valence electrons. The second-order valence-electron chi connectivity index (χ2n) is 5.18. The molecule has 1 fully saturated rings. The summed E-state index contributed by atoms with van der Waals surface area (Å²) in [5.41, 5.74) is 0. The van der Waals surface area contributed by atoms with E-state index in [0.717, 1.165) is 17.3 Å². The monoisotopic (exact) mass is 350 g/mol. The van der Waals surface area contributed by atoms with Crippen LogP contribution in [0.5, 0.6) is 0 Å². The maximum Gasteiger partial charge on any atom is 0.273 e. The minimum atomic E-state index is -3.54. The minimum absolute atomic E-state index is 0.00322. The lowest BCUT2D eigenvalue weighted by atomic mass is 10.3. The molecule has 1 saturated heterocycles. The van der Waals surface area contributed by atoms with E-state index in [2.05, 4.69) is 10.0 Å². The first-order valence-corrected chi connectivity index (χ1v) is 10.7. The van der Waals surface area contributed by atoms with E-state index >= 15 is 0 Å². The van der Waals surface area contributed by atoms with Gasteiger partial charge in [0.05, 0.1) is 6.54 Å². The molecule has 0 bridgehead atoms. The summed E-state index contributed by atoms with van der Waals surface area (Å²) in [6, 6.07) is 3.55. The topological polar surface area (TPSA) is 71.3 Å². The summed E-state index contributed by atoms with van der Waals surface area (Å²) >= 11 is 3.70. The molecule has 0 radical (unpaired) electrons. The molecule has 0 saturated carbocycles. The lowest BCUT2D eigenvalue weighted by molar-refractivity contribution is 0.393. The van der Waals surface area contributed by atoms with Gasteiger partial charge in [-0.25, -0.2) is 13.1 Å². The third kappa shape index (κ3) is 5.52. The van der Waals surface area contributed by atoms with Gasteiger partial charge in [0.15, 0.2) is 0 Å². The number of sulfonamides is 1. The van der Waals surface area contributed by atoms with Gasteiger partial charge in [-0.3, -0.25) is 0 Å². The van der Waals surface area contributed by atoms with Gasteiger partial charge in [0, 0.05) is 35.1 Å². The fourth-order valence-corrected chi connectivity index (χ4v) is 5.57. The number of hydrogen-bond acceptors (Lipinski definition) is 6. The van der Waals surface area contributed by atoms with Crippen LogP contribution in [0.4, 0.5) is 0 Å². The van der Waals surface area contributed by atoms with Crippen molar-refractivity contribution in [2.45, 2.75) is 36.8 Å². The van der Waals surface area contributed by atoms with Crippen molar-refractivity contribution in [3.05, 3.63) is 17.9 Å². The summed E-state index contributed by atoms with van der Waals surface area (Å²) in [5.74, 6) is 3.86. The molecule has 1 aromatic rings. The lowest BCUT2D eigenvalue weighted by Gasteiger charge is -2.20. The van der Waals surface area contributed by atoms with Crippen molar-refractivity contribution >= 4 is 33.5 Å². The SMILES string of the molecule is CC(C)NCc1ccc(S(=O)(=O)NCC2CSCCS2)o1. The van der Waals surface area contributed by atoms with Crippen LogP contribution in [0.3, 0.4) is 0 Å². The Kier molecular flexibility index (Phi) is 6.49. The Morgan fingerprint density at radius 2 is 2.19 bits per heavy atom. The van der Waals surface area contributed by atoms with Crippen molar-refractivity contribution in [2.75, 3.05) is 23.8 Å². The van der Waals surface area contributed by atoms with Gasteiger partial charge in [0.2, 0.25) is 5.09 Å². The van der Waals surface area contributed by atoms with E-state index in [1.807, 2.05) is 37.4 Å². The summed E-state index contributed by atoms with van der Waals surface area (Å²) in [7, 11) is -3.54. The van der Waals surface area contributed by atoms with Crippen molar-refractivity contribution in [3.63, 3.8) is 0 Å². The Balaban J connectivity index is 1.89. The summed E-state index contributed by atoms with van der Waals surface area (Å²) in [5, 5.41) is 3.54. The third-order valence-electron chi connectivity index (χ3n) is 2.97. The zero-order valence-corrected chi connectivity index (χ0v) is 14.7. The van der Waals surface area contributed by atoms with Crippen molar-refractivity contribution in [1.82, 2.24) is 10.0 Å². The second kappa shape index (κ2) is 7.92. The smallest absolute Gasteiger partial charge is 0.273 e. The summed E-state index contributed by atoms with van der Waals surface area (Å²) < 4.78 is 32.4. The first-order chi connectivity index (χ1) is 9.97. The molecule has 2 heterocycles. The van der Waals surface area contributed by atoms with Crippen LogP contribution in [-0.2, 0) is 16.6 Å². The maximum atomic E-state index is 12.2. The normalized spacial score (nSPS) is 20.0. The molecule has 0 aliphatic carbocycles. The standard InChI is InChI=1S/C13H22N2O3S3/c1-10(2)14-7-11-3-4-13(18-11)21(16,17)15-8-12-9-19-5-6-20-12/h3-4,10,12,14-15H,5-9H2,1-2H3. The Morgan fingerprint density at radius 3 is 2.86 bits per heavy atom. The fourth-order valence-electron chi connectivity index (χ4n) is 1.83. The highest BCUT2D eigenvalue weighted by Crippen LogP contribution is 2.24. The molecule has 1 unspecified atom stereocenters. The Bertz CT molecular complexity index is 537. The van der Waals surface area contributed by atoms with Gasteiger partial charge in [-0.15, -0.1) is 0 Å². The molecule has 0 spiro atoms. The maximum absolute atomic E-state index is 12.2. The van der Waals surface area contributed by atoms with Crippen LogP contribution in [-0.4, -0.2) is 43.5 Å². The van der Waals surface area contributed by atoms with Crippen LogP contribution in [0.2, 0.25) is 0 Å². The number of hydrogen-bond donors (Lipinski definition) is 2. The largest absolute Gasteiger partial charge is 0.447 e.